The lowest BCUT2D eigenvalue weighted by Gasteiger charge is -2.34. The first-order chi connectivity index (χ1) is 10.2. The van der Waals surface area contributed by atoms with Gasteiger partial charge in [-0.25, -0.2) is 4.79 Å². The summed E-state index contributed by atoms with van der Waals surface area (Å²) in [7, 11) is 0. The van der Waals surface area contributed by atoms with Gasteiger partial charge in [0.15, 0.2) is 0 Å². The summed E-state index contributed by atoms with van der Waals surface area (Å²) in [6, 6.07) is 12.2. The molecule has 112 valence electrons. The second-order valence-electron chi connectivity index (χ2n) is 5.08. The van der Waals surface area contributed by atoms with Crippen LogP contribution in [-0.2, 0) is 4.74 Å². The molecule has 1 saturated heterocycles. The minimum Gasteiger partial charge on any atom is -0.450 e. The number of benzene rings is 1. The highest BCUT2D eigenvalue weighted by Gasteiger charge is 2.24. The molecule has 0 saturated carbocycles. The number of amides is 1. The molecule has 0 N–H and O–H groups in total. The molecule has 0 aliphatic carbocycles. The van der Waals surface area contributed by atoms with Crippen LogP contribution in [0.25, 0.3) is 0 Å². The Morgan fingerprint density at radius 2 is 1.95 bits per heavy atom. The quantitative estimate of drug-likeness (QED) is 0.850. The molecule has 1 aromatic rings. The molecule has 0 radical (unpaired) electrons. The van der Waals surface area contributed by atoms with Crippen molar-refractivity contribution in [2.45, 2.75) is 12.8 Å². The van der Waals surface area contributed by atoms with Crippen molar-refractivity contribution in [3.63, 3.8) is 0 Å². The van der Waals surface area contributed by atoms with Crippen molar-refractivity contribution in [1.29, 1.82) is 5.26 Å². The van der Waals surface area contributed by atoms with Gasteiger partial charge in [0.05, 0.1) is 18.6 Å². The number of hydrogen-bond acceptors (Lipinski definition) is 4. The summed E-state index contributed by atoms with van der Waals surface area (Å²) in [6.45, 7) is 5.80. The molecule has 0 bridgehead atoms. The number of carbonyl (C=O) groups is 1. The molecular weight excluding hydrogens is 266 g/mol. The zero-order valence-corrected chi connectivity index (χ0v) is 12.4. The molecule has 0 spiro atoms. The third-order valence-electron chi connectivity index (χ3n) is 3.70. The third kappa shape index (κ3) is 4.20. The zero-order valence-electron chi connectivity index (χ0n) is 12.4. The van der Waals surface area contributed by atoms with E-state index in [1.54, 1.807) is 4.90 Å². The maximum atomic E-state index is 11.6. The standard InChI is InChI=1S/C16H21N3O2/c1-2-21-16(20)19-10-8-18(9-11-19)13-15(12-17)14-6-4-3-5-7-14/h3-7,15H,2,8-11,13H2,1H3. The monoisotopic (exact) mass is 287 g/mol. The highest BCUT2D eigenvalue weighted by atomic mass is 16.6. The van der Waals surface area contributed by atoms with Crippen LogP contribution in [-0.4, -0.2) is 55.2 Å². The molecule has 21 heavy (non-hydrogen) atoms. The Bertz CT molecular complexity index is 490. The predicted octanol–water partition coefficient (Wildman–Crippen LogP) is 2.07. The Balaban J connectivity index is 1.85. The van der Waals surface area contributed by atoms with Gasteiger partial charge < -0.3 is 9.64 Å². The Morgan fingerprint density at radius 1 is 1.29 bits per heavy atom. The van der Waals surface area contributed by atoms with E-state index in [1.807, 2.05) is 37.3 Å². The van der Waals surface area contributed by atoms with Gasteiger partial charge in [-0.15, -0.1) is 0 Å². The number of hydrogen-bond donors (Lipinski definition) is 0. The highest BCUT2D eigenvalue weighted by Crippen LogP contribution is 2.17. The summed E-state index contributed by atoms with van der Waals surface area (Å²) >= 11 is 0. The van der Waals surface area contributed by atoms with Gasteiger partial charge in [0.25, 0.3) is 0 Å². The van der Waals surface area contributed by atoms with Crippen molar-refractivity contribution in [1.82, 2.24) is 9.80 Å². The van der Waals surface area contributed by atoms with Crippen LogP contribution in [0.15, 0.2) is 30.3 Å². The zero-order chi connectivity index (χ0) is 15.1. The van der Waals surface area contributed by atoms with Crippen LogP contribution in [0.2, 0.25) is 0 Å². The summed E-state index contributed by atoms with van der Waals surface area (Å²) in [4.78, 5) is 15.6. The van der Waals surface area contributed by atoms with Gasteiger partial charge in [-0.3, -0.25) is 4.90 Å². The van der Waals surface area contributed by atoms with Gasteiger partial charge in [0.2, 0.25) is 0 Å². The van der Waals surface area contributed by atoms with Crippen LogP contribution in [0, 0.1) is 11.3 Å². The fourth-order valence-electron chi connectivity index (χ4n) is 2.49. The summed E-state index contributed by atoms with van der Waals surface area (Å²) < 4.78 is 5.00. The molecule has 1 aliphatic rings. The average molecular weight is 287 g/mol. The van der Waals surface area contributed by atoms with Crippen molar-refractivity contribution in [3.05, 3.63) is 35.9 Å². The Kier molecular flexibility index (Phi) is 5.59. The maximum Gasteiger partial charge on any atom is 0.409 e. The maximum absolute atomic E-state index is 11.6. The van der Waals surface area contributed by atoms with Crippen LogP contribution in [0.3, 0.4) is 0 Å². The first-order valence-electron chi connectivity index (χ1n) is 7.33. The molecule has 1 aliphatic heterocycles. The van der Waals surface area contributed by atoms with Crippen molar-refractivity contribution in [3.8, 4) is 6.07 Å². The lowest BCUT2D eigenvalue weighted by Crippen LogP contribution is -2.49. The van der Waals surface area contributed by atoms with Crippen LogP contribution in [0.5, 0.6) is 0 Å². The molecule has 0 aromatic heterocycles. The minimum absolute atomic E-state index is 0.125. The van der Waals surface area contributed by atoms with Gasteiger partial charge in [-0.2, -0.15) is 5.26 Å². The number of nitrogens with zero attached hydrogens (tertiary/aromatic N) is 3. The van der Waals surface area contributed by atoms with E-state index in [4.69, 9.17) is 4.74 Å². The molecule has 2 rings (SSSR count). The normalized spacial score (nSPS) is 17.0. The Hall–Kier alpha value is -2.06. The van der Waals surface area contributed by atoms with Gasteiger partial charge in [0.1, 0.15) is 0 Å². The number of nitriles is 1. The smallest absolute Gasteiger partial charge is 0.409 e. The molecule has 1 unspecified atom stereocenters. The van der Waals surface area contributed by atoms with E-state index in [2.05, 4.69) is 11.0 Å². The average Bonchev–Trinajstić information content (AvgIpc) is 2.54. The molecular formula is C16H21N3O2. The molecule has 5 heteroatoms. The Labute approximate surface area is 125 Å². The second kappa shape index (κ2) is 7.65. The lowest BCUT2D eigenvalue weighted by atomic mass is 10.00. The molecule has 1 fully saturated rings. The predicted molar refractivity (Wildman–Crippen MR) is 79.8 cm³/mol. The van der Waals surface area contributed by atoms with E-state index in [-0.39, 0.29) is 12.0 Å². The fraction of sp³-hybridized carbons (Fsp3) is 0.500. The van der Waals surface area contributed by atoms with Crippen LogP contribution < -0.4 is 0 Å². The largest absolute Gasteiger partial charge is 0.450 e. The van der Waals surface area contributed by atoms with Crippen molar-refractivity contribution in [2.75, 3.05) is 39.3 Å². The van der Waals surface area contributed by atoms with E-state index in [1.165, 1.54) is 0 Å². The van der Waals surface area contributed by atoms with Crippen LogP contribution in [0.1, 0.15) is 18.4 Å². The summed E-state index contributed by atoms with van der Waals surface area (Å²) in [6.07, 6.45) is -0.239. The van der Waals surface area contributed by atoms with Gasteiger partial charge in [-0.1, -0.05) is 30.3 Å². The lowest BCUT2D eigenvalue weighted by molar-refractivity contribution is 0.0792. The van der Waals surface area contributed by atoms with E-state index in [0.717, 1.165) is 18.7 Å². The van der Waals surface area contributed by atoms with Gasteiger partial charge in [-0.05, 0) is 12.5 Å². The van der Waals surface area contributed by atoms with E-state index >= 15 is 0 Å². The molecule has 1 amide bonds. The minimum atomic E-state index is -0.239. The number of ether oxygens (including phenoxy) is 1. The van der Waals surface area contributed by atoms with Crippen molar-refractivity contribution < 1.29 is 9.53 Å². The molecule has 1 heterocycles. The highest BCUT2D eigenvalue weighted by molar-refractivity contribution is 5.67. The molecule has 1 aromatic carbocycles. The van der Waals surface area contributed by atoms with Crippen LogP contribution in [0.4, 0.5) is 4.79 Å². The summed E-state index contributed by atoms with van der Waals surface area (Å²) in [5.41, 5.74) is 1.05. The number of piperazine rings is 1. The van der Waals surface area contributed by atoms with Crippen LogP contribution >= 0.6 is 0 Å². The first-order valence-corrected chi connectivity index (χ1v) is 7.33. The van der Waals surface area contributed by atoms with E-state index < -0.39 is 0 Å². The van der Waals surface area contributed by atoms with E-state index in [0.29, 0.717) is 26.2 Å². The van der Waals surface area contributed by atoms with Crippen molar-refractivity contribution in [2.24, 2.45) is 0 Å². The summed E-state index contributed by atoms with van der Waals surface area (Å²) in [5.74, 6) is -0.125. The van der Waals surface area contributed by atoms with Gasteiger partial charge >= 0.3 is 6.09 Å². The first kappa shape index (κ1) is 15.3. The Morgan fingerprint density at radius 3 is 2.52 bits per heavy atom. The second-order valence-corrected chi connectivity index (χ2v) is 5.08. The topological polar surface area (TPSA) is 56.6 Å². The van der Waals surface area contributed by atoms with Crippen molar-refractivity contribution >= 4 is 6.09 Å². The number of carbonyl (C=O) groups excluding carboxylic acids is 1. The summed E-state index contributed by atoms with van der Waals surface area (Å²) in [5, 5.41) is 9.36. The van der Waals surface area contributed by atoms with Gasteiger partial charge in [0, 0.05) is 32.7 Å². The molecule has 5 nitrogen and oxygen atoms in total. The SMILES string of the molecule is CCOC(=O)N1CCN(CC(C#N)c2ccccc2)CC1. The third-order valence-corrected chi connectivity index (χ3v) is 3.70. The molecule has 1 atom stereocenters. The van der Waals surface area contributed by atoms with E-state index in [9.17, 15) is 10.1 Å². The number of rotatable bonds is 4. The fourth-order valence-corrected chi connectivity index (χ4v) is 2.49.